The van der Waals surface area contributed by atoms with Crippen LogP contribution in [0.2, 0.25) is 0 Å². The molecule has 0 aliphatic heterocycles. The lowest BCUT2D eigenvalue weighted by Gasteiger charge is -2.02. The van der Waals surface area contributed by atoms with Crippen LogP contribution in [-0.4, -0.2) is 45.1 Å². The quantitative estimate of drug-likeness (QED) is 0.543. The van der Waals surface area contributed by atoms with E-state index in [1.165, 1.54) is 6.20 Å². The summed E-state index contributed by atoms with van der Waals surface area (Å²) in [6.07, 6.45) is 3.10. The Morgan fingerprint density at radius 1 is 1.30 bits per heavy atom. The van der Waals surface area contributed by atoms with Gasteiger partial charge in [0.15, 0.2) is 16.9 Å². The molecule has 0 saturated heterocycles. The predicted molar refractivity (Wildman–Crippen MR) is 87.4 cm³/mol. The summed E-state index contributed by atoms with van der Waals surface area (Å²) in [5.74, 6) is 0.488. The molecule has 0 N–H and O–H groups in total. The van der Waals surface area contributed by atoms with E-state index >= 15 is 0 Å². The van der Waals surface area contributed by atoms with Crippen molar-refractivity contribution >= 4 is 23.3 Å². The maximum Gasteiger partial charge on any atom is 0.203 e. The summed E-state index contributed by atoms with van der Waals surface area (Å²) in [5, 5.41) is 13.5. The van der Waals surface area contributed by atoms with Gasteiger partial charge < -0.3 is 4.90 Å². The van der Waals surface area contributed by atoms with Gasteiger partial charge in [0.05, 0.1) is 19.1 Å². The SMILES string of the molecule is CN(C)C=Nc1nn(Cc2ccccc2)c2nc(C#N)cnc12. The summed E-state index contributed by atoms with van der Waals surface area (Å²) >= 11 is 0. The summed E-state index contributed by atoms with van der Waals surface area (Å²) < 4.78 is 1.72. The molecular weight excluding hydrogens is 290 g/mol. The van der Waals surface area contributed by atoms with Crippen LogP contribution in [0.3, 0.4) is 0 Å². The maximum absolute atomic E-state index is 9.04. The summed E-state index contributed by atoms with van der Waals surface area (Å²) in [4.78, 5) is 14.8. The van der Waals surface area contributed by atoms with Crippen LogP contribution in [0.25, 0.3) is 11.2 Å². The highest BCUT2D eigenvalue weighted by atomic mass is 15.3. The summed E-state index contributed by atoms with van der Waals surface area (Å²) in [5.41, 5.74) is 2.48. The number of hydrogen-bond acceptors (Lipinski definition) is 5. The number of aliphatic imine (C=N–C) groups is 1. The molecule has 1 aromatic carbocycles. The second kappa shape index (κ2) is 6.23. The molecule has 2 heterocycles. The Bertz CT molecular complexity index is 888. The van der Waals surface area contributed by atoms with Crippen molar-refractivity contribution in [3.8, 4) is 6.07 Å². The Labute approximate surface area is 133 Å². The molecule has 0 spiro atoms. The number of nitriles is 1. The van der Waals surface area contributed by atoms with Crippen LogP contribution in [0.5, 0.6) is 0 Å². The van der Waals surface area contributed by atoms with Crippen molar-refractivity contribution in [1.82, 2.24) is 24.6 Å². The second-order valence-electron chi connectivity index (χ2n) is 5.21. The molecule has 0 aliphatic rings. The number of nitrogens with zero attached hydrogens (tertiary/aromatic N) is 7. The molecule has 0 atom stereocenters. The monoisotopic (exact) mass is 305 g/mol. The van der Waals surface area contributed by atoms with Crippen molar-refractivity contribution in [2.45, 2.75) is 6.54 Å². The Balaban J connectivity index is 2.10. The fourth-order valence-electron chi connectivity index (χ4n) is 2.10. The van der Waals surface area contributed by atoms with Crippen LogP contribution >= 0.6 is 0 Å². The first-order valence-electron chi connectivity index (χ1n) is 7.05. The largest absolute Gasteiger partial charge is 0.369 e. The zero-order valence-electron chi connectivity index (χ0n) is 12.9. The average Bonchev–Trinajstić information content (AvgIpc) is 2.91. The molecule has 0 fully saturated rings. The molecule has 0 amide bonds. The minimum absolute atomic E-state index is 0.259. The average molecular weight is 305 g/mol. The molecule has 114 valence electrons. The van der Waals surface area contributed by atoms with Crippen molar-refractivity contribution in [1.29, 1.82) is 5.26 Å². The van der Waals surface area contributed by atoms with E-state index in [-0.39, 0.29) is 5.69 Å². The second-order valence-corrected chi connectivity index (χ2v) is 5.21. The molecule has 7 heteroatoms. The molecule has 2 aromatic heterocycles. The zero-order chi connectivity index (χ0) is 16.2. The van der Waals surface area contributed by atoms with Gasteiger partial charge in [-0.1, -0.05) is 30.3 Å². The van der Waals surface area contributed by atoms with Crippen molar-refractivity contribution in [3.05, 3.63) is 47.8 Å². The molecule has 23 heavy (non-hydrogen) atoms. The first-order valence-corrected chi connectivity index (χ1v) is 7.05. The molecule has 0 radical (unpaired) electrons. The van der Waals surface area contributed by atoms with Crippen LogP contribution in [0.1, 0.15) is 11.3 Å². The highest BCUT2D eigenvalue weighted by Gasteiger charge is 2.14. The first kappa shape index (κ1) is 14.7. The van der Waals surface area contributed by atoms with E-state index in [4.69, 9.17) is 5.26 Å². The number of aromatic nitrogens is 4. The van der Waals surface area contributed by atoms with Crippen LogP contribution in [0, 0.1) is 11.3 Å². The van der Waals surface area contributed by atoms with E-state index in [2.05, 4.69) is 20.1 Å². The van der Waals surface area contributed by atoms with Gasteiger partial charge in [-0.2, -0.15) is 5.26 Å². The van der Waals surface area contributed by atoms with Gasteiger partial charge in [-0.25, -0.2) is 19.6 Å². The molecule has 7 nitrogen and oxygen atoms in total. The first-order chi connectivity index (χ1) is 11.2. The molecule has 3 aromatic rings. The number of fused-ring (bicyclic) bond motifs is 1. The van der Waals surface area contributed by atoms with E-state index in [0.29, 0.717) is 23.5 Å². The van der Waals surface area contributed by atoms with Crippen LogP contribution in [0.4, 0.5) is 5.82 Å². The van der Waals surface area contributed by atoms with Crippen LogP contribution in [-0.2, 0) is 6.54 Å². The molecule has 0 unspecified atom stereocenters. The fourth-order valence-corrected chi connectivity index (χ4v) is 2.10. The molecule has 0 aliphatic carbocycles. The Morgan fingerprint density at radius 3 is 2.78 bits per heavy atom. The fraction of sp³-hybridized carbons (Fsp3) is 0.188. The Hall–Kier alpha value is -3.27. The Kier molecular flexibility index (Phi) is 3.97. The van der Waals surface area contributed by atoms with Crippen LogP contribution < -0.4 is 0 Å². The maximum atomic E-state index is 9.04. The topological polar surface area (TPSA) is 83.0 Å². The smallest absolute Gasteiger partial charge is 0.203 e. The third-order valence-corrected chi connectivity index (χ3v) is 3.13. The van der Waals surface area contributed by atoms with Gasteiger partial charge in [0.25, 0.3) is 0 Å². The normalized spacial score (nSPS) is 11.0. The van der Waals surface area contributed by atoms with Crippen LogP contribution in [0.15, 0.2) is 41.5 Å². The van der Waals surface area contributed by atoms with E-state index in [9.17, 15) is 0 Å². The lowest BCUT2D eigenvalue weighted by Crippen LogP contribution is -2.07. The minimum atomic E-state index is 0.259. The van der Waals surface area contributed by atoms with Crippen molar-refractivity contribution < 1.29 is 0 Å². The Morgan fingerprint density at radius 2 is 2.09 bits per heavy atom. The van der Waals surface area contributed by atoms with Gasteiger partial charge in [0.1, 0.15) is 6.07 Å². The minimum Gasteiger partial charge on any atom is -0.369 e. The van der Waals surface area contributed by atoms with Gasteiger partial charge in [-0.3, -0.25) is 0 Å². The van der Waals surface area contributed by atoms with Gasteiger partial charge >= 0.3 is 0 Å². The summed E-state index contributed by atoms with van der Waals surface area (Å²) in [6, 6.07) is 11.9. The standard InChI is InChI=1S/C16H15N7/c1-22(2)11-19-15-14-16(20-13(8-17)9-18-14)23(21-15)10-12-6-4-3-5-7-12/h3-7,9,11H,10H2,1-2H3. The van der Waals surface area contributed by atoms with Crippen molar-refractivity contribution in [3.63, 3.8) is 0 Å². The third kappa shape index (κ3) is 3.16. The van der Waals surface area contributed by atoms with Crippen molar-refractivity contribution in [2.75, 3.05) is 14.1 Å². The predicted octanol–water partition coefficient (Wildman–Crippen LogP) is 1.97. The van der Waals surface area contributed by atoms with E-state index in [1.54, 1.807) is 11.0 Å². The van der Waals surface area contributed by atoms with E-state index in [1.807, 2.05) is 55.4 Å². The van der Waals surface area contributed by atoms with Gasteiger partial charge in [-0.05, 0) is 5.56 Å². The summed E-state index contributed by atoms with van der Waals surface area (Å²) in [6.45, 7) is 0.540. The molecule has 3 rings (SSSR count). The lowest BCUT2D eigenvalue weighted by molar-refractivity contribution is 0.642. The molecular formula is C16H15N7. The highest BCUT2D eigenvalue weighted by molar-refractivity contribution is 5.83. The zero-order valence-corrected chi connectivity index (χ0v) is 12.9. The third-order valence-electron chi connectivity index (χ3n) is 3.13. The van der Waals surface area contributed by atoms with E-state index < -0.39 is 0 Å². The van der Waals surface area contributed by atoms with Gasteiger partial charge in [0, 0.05) is 14.1 Å². The number of rotatable bonds is 4. The van der Waals surface area contributed by atoms with E-state index in [0.717, 1.165) is 5.56 Å². The van der Waals surface area contributed by atoms with Gasteiger partial charge in [-0.15, -0.1) is 5.10 Å². The number of benzene rings is 1. The lowest BCUT2D eigenvalue weighted by atomic mass is 10.2. The molecule has 0 bridgehead atoms. The van der Waals surface area contributed by atoms with Gasteiger partial charge in [0.2, 0.25) is 5.82 Å². The molecule has 0 saturated carbocycles. The highest BCUT2D eigenvalue weighted by Crippen LogP contribution is 2.22. The van der Waals surface area contributed by atoms with Crippen molar-refractivity contribution in [2.24, 2.45) is 4.99 Å². The summed E-state index contributed by atoms with van der Waals surface area (Å²) in [7, 11) is 3.76. The number of hydrogen-bond donors (Lipinski definition) is 0.